The molecule has 3 heteroatoms. The highest BCUT2D eigenvalue weighted by Gasteiger charge is 2.18. The predicted octanol–water partition coefficient (Wildman–Crippen LogP) is 2.35. The molecule has 88 valence electrons. The normalized spacial score (nSPS) is 25.4. The van der Waals surface area contributed by atoms with Crippen molar-refractivity contribution in [3.63, 3.8) is 0 Å². The van der Waals surface area contributed by atoms with Crippen molar-refractivity contribution in [3.8, 4) is 0 Å². The summed E-state index contributed by atoms with van der Waals surface area (Å²) in [6.07, 6.45) is 5.97. The third-order valence-electron chi connectivity index (χ3n) is 3.31. The summed E-state index contributed by atoms with van der Waals surface area (Å²) in [6, 6.07) is 4.07. The van der Waals surface area contributed by atoms with Gasteiger partial charge < -0.3 is 10.4 Å². The molecule has 1 aromatic rings. The molecule has 0 unspecified atom stereocenters. The van der Waals surface area contributed by atoms with Gasteiger partial charge in [-0.25, -0.2) is 0 Å². The van der Waals surface area contributed by atoms with Crippen LogP contribution in [0.15, 0.2) is 18.3 Å². The molecule has 1 aromatic heterocycles. The van der Waals surface area contributed by atoms with Crippen molar-refractivity contribution in [3.05, 3.63) is 24.0 Å². The van der Waals surface area contributed by atoms with Gasteiger partial charge in [0.2, 0.25) is 0 Å². The molecule has 16 heavy (non-hydrogen) atoms. The molecule has 0 amide bonds. The predicted molar refractivity (Wildman–Crippen MR) is 65.4 cm³/mol. The lowest BCUT2D eigenvalue weighted by Crippen LogP contribution is -2.23. The number of hydrogen-bond donors (Lipinski definition) is 2. The minimum absolute atomic E-state index is 0.0561. The van der Waals surface area contributed by atoms with E-state index >= 15 is 0 Å². The lowest BCUT2D eigenvalue weighted by atomic mass is 9.87. The minimum Gasteiger partial charge on any atom is -0.393 e. The molecule has 1 saturated carbocycles. The molecule has 0 radical (unpaired) electrons. The summed E-state index contributed by atoms with van der Waals surface area (Å²) in [5.41, 5.74) is 2.20. The average Bonchev–Trinajstić information content (AvgIpc) is 2.28. The summed E-state index contributed by atoms with van der Waals surface area (Å²) in [7, 11) is 0. The van der Waals surface area contributed by atoms with Crippen LogP contribution in [-0.4, -0.2) is 22.7 Å². The van der Waals surface area contributed by atoms with Crippen LogP contribution in [0.5, 0.6) is 0 Å². The summed E-state index contributed by atoms with van der Waals surface area (Å²) in [6.45, 7) is 3.01. The first-order chi connectivity index (χ1) is 7.74. The van der Waals surface area contributed by atoms with Crippen molar-refractivity contribution < 1.29 is 5.11 Å². The molecule has 1 fully saturated rings. The van der Waals surface area contributed by atoms with Gasteiger partial charge in [0.1, 0.15) is 0 Å². The topological polar surface area (TPSA) is 45.1 Å². The lowest BCUT2D eigenvalue weighted by molar-refractivity contribution is 0.111. The molecule has 3 nitrogen and oxygen atoms in total. The fourth-order valence-electron chi connectivity index (χ4n) is 2.27. The fourth-order valence-corrected chi connectivity index (χ4v) is 2.27. The van der Waals surface area contributed by atoms with Crippen LogP contribution >= 0.6 is 0 Å². The Kier molecular flexibility index (Phi) is 3.78. The molecule has 1 aliphatic rings. The molecule has 0 aromatic carbocycles. The molecular weight excluding hydrogens is 200 g/mol. The maximum atomic E-state index is 9.42. The van der Waals surface area contributed by atoms with Gasteiger partial charge in [0.05, 0.1) is 6.10 Å². The lowest BCUT2D eigenvalue weighted by Gasteiger charge is -2.25. The van der Waals surface area contributed by atoms with Crippen LogP contribution in [-0.2, 0) is 0 Å². The molecule has 0 spiro atoms. The van der Waals surface area contributed by atoms with Crippen molar-refractivity contribution in [1.82, 2.24) is 4.98 Å². The smallest absolute Gasteiger partial charge is 0.0540 e. The summed E-state index contributed by atoms with van der Waals surface area (Å²) in [5.74, 6) is 0.705. The van der Waals surface area contributed by atoms with E-state index in [2.05, 4.69) is 16.4 Å². The number of aliphatic hydroxyl groups excluding tert-OH is 1. The standard InChI is InChI=1S/C13H20N2O/c1-10-8-12(6-7-14-10)15-9-11-2-4-13(16)5-3-11/h6-8,11,13,16H,2-5,9H2,1H3,(H,14,15). The number of pyridine rings is 1. The van der Waals surface area contributed by atoms with E-state index in [1.54, 1.807) is 0 Å². The molecular formula is C13H20N2O. The highest BCUT2D eigenvalue weighted by Crippen LogP contribution is 2.24. The van der Waals surface area contributed by atoms with Crippen molar-refractivity contribution in [1.29, 1.82) is 0 Å². The fraction of sp³-hybridized carbons (Fsp3) is 0.615. The Morgan fingerprint density at radius 1 is 1.38 bits per heavy atom. The molecule has 2 N–H and O–H groups in total. The summed E-state index contributed by atoms with van der Waals surface area (Å²) in [5, 5.41) is 12.9. The van der Waals surface area contributed by atoms with Gasteiger partial charge in [0.15, 0.2) is 0 Å². The van der Waals surface area contributed by atoms with Crippen LogP contribution in [0.4, 0.5) is 5.69 Å². The zero-order valence-electron chi connectivity index (χ0n) is 9.82. The molecule has 0 atom stereocenters. The number of nitrogens with one attached hydrogen (secondary N) is 1. The molecule has 0 bridgehead atoms. The van der Waals surface area contributed by atoms with Gasteiger partial charge in [-0.05, 0) is 50.7 Å². The number of aromatic nitrogens is 1. The summed E-state index contributed by atoms with van der Waals surface area (Å²) < 4.78 is 0. The van der Waals surface area contributed by atoms with Crippen LogP contribution in [0.1, 0.15) is 31.4 Å². The highest BCUT2D eigenvalue weighted by atomic mass is 16.3. The third-order valence-corrected chi connectivity index (χ3v) is 3.31. The Hall–Kier alpha value is -1.09. The van der Waals surface area contributed by atoms with Gasteiger partial charge in [-0.3, -0.25) is 4.98 Å². The molecule has 1 aliphatic carbocycles. The molecule has 1 heterocycles. The minimum atomic E-state index is -0.0561. The SMILES string of the molecule is Cc1cc(NCC2CCC(O)CC2)ccn1. The second-order valence-electron chi connectivity index (χ2n) is 4.74. The molecule has 0 saturated heterocycles. The van der Waals surface area contributed by atoms with Crippen molar-refractivity contribution in [2.45, 2.75) is 38.7 Å². The number of anilines is 1. The summed E-state index contributed by atoms with van der Waals surface area (Å²) in [4.78, 5) is 4.17. The third kappa shape index (κ3) is 3.20. The number of nitrogens with zero attached hydrogens (tertiary/aromatic N) is 1. The number of aryl methyl sites for hydroxylation is 1. The van der Waals surface area contributed by atoms with E-state index in [9.17, 15) is 5.11 Å². The van der Waals surface area contributed by atoms with E-state index < -0.39 is 0 Å². The molecule has 0 aliphatic heterocycles. The summed E-state index contributed by atoms with van der Waals surface area (Å²) >= 11 is 0. The largest absolute Gasteiger partial charge is 0.393 e. The Bertz CT molecular complexity index is 332. The van der Waals surface area contributed by atoms with Crippen molar-refractivity contribution in [2.24, 2.45) is 5.92 Å². The van der Waals surface area contributed by atoms with Crippen molar-refractivity contribution >= 4 is 5.69 Å². The maximum Gasteiger partial charge on any atom is 0.0540 e. The van der Waals surface area contributed by atoms with Crippen molar-refractivity contribution in [2.75, 3.05) is 11.9 Å². The first-order valence-electron chi connectivity index (χ1n) is 6.08. The van der Waals surface area contributed by atoms with E-state index in [1.165, 1.54) is 0 Å². The zero-order chi connectivity index (χ0) is 11.4. The van der Waals surface area contributed by atoms with Crippen LogP contribution in [0.3, 0.4) is 0 Å². The number of hydrogen-bond acceptors (Lipinski definition) is 3. The Balaban J connectivity index is 1.79. The van der Waals surface area contributed by atoms with E-state index in [-0.39, 0.29) is 6.10 Å². The number of rotatable bonds is 3. The van der Waals surface area contributed by atoms with Gasteiger partial charge in [0, 0.05) is 24.1 Å². The van der Waals surface area contributed by atoms with E-state index in [4.69, 9.17) is 0 Å². The Morgan fingerprint density at radius 3 is 2.81 bits per heavy atom. The van der Waals surface area contributed by atoms with Gasteiger partial charge in [-0.2, -0.15) is 0 Å². The second kappa shape index (κ2) is 5.30. The van der Waals surface area contributed by atoms with Gasteiger partial charge >= 0.3 is 0 Å². The Labute approximate surface area is 96.9 Å². The van der Waals surface area contributed by atoms with Gasteiger partial charge in [-0.15, -0.1) is 0 Å². The monoisotopic (exact) mass is 220 g/mol. The zero-order valence-corrected chi connectivity index (χ0v) is 9.82. The van der Waals surface area contributed by atoms with E-state index in [0.717, 1.165) is 43.6 Å². The Morgan fingerprint density at radius 2 is 2.12 bits per heavy atom. The van der Waals surface area contributed by atoms with Crippen LogP contribution in [0.2, 0.25) is 0 Å². The number of aliphatic hydroxyl groups is 1. The van der Waals surface area contributed by atoms with Crippen LogP contribution < -0.4 is 5.32 Å². The van der Waals surface area contributed by atoms with Crippen LogP contribution in [0.25, 0.3) is 0 Å². The first kappa shape index (κ1) is 11.4. The van der Waals surface area contributed by atoms with Gasteiger partial charge in [0.25, 0.3) is 0 Å². The maximum absolute atomic E-state index is 9.42. The van der Waals surface area contributed by atoms with E-state index in [0.29, 0.717) is 5.92 Å². The second-order valence-corrected chi connectivity index (χ2v) is 4.74. The highest BCUT2D eigenvalue weighted by molar-refractivity contribution is 5.42. The van der Waals surface area contributed by atoms with Gasteiger partial charge in [-0.1, -0.05) is 0 Å². The first-order valence-corrected chi connectivity index (χ1v) is 6.08. The molecule has 2 rings (SSSR count). The quantitative estimate of drug-likeness (QED) is 0.822. The van der Waals surface area contributed by atoms with E-state index in [1.807, 2.05) is 19.2 Å². The average molecular weight is 220 g/mol. The van der Waals surface area contributed by atoms with Crippen LogP contribution in [0, 0.1) is 12.8 Å².